The van der Waals surface area contributed by atoms with Gasteiger partial charge in [-0.1, -0.05) is 0 Å². The summed E-state index contributed by atoms with van der Waals surface area (Å²) in [5.41, 5.74) is -3.62. The van der Waals surface area contributed by atoms with Crippen LogP contribution in [0.15, 0.2) is 10.7 Å². The summed E-state index contributed by atoms with van der Waals surface area (Å²) in [6.07, 6.45) is -7.94. The van der Waals surface area contributed by atoms with Crippen LogP contribution in [0.4, 0.5) is 22.0 Å². The minimum absolute atomic E-state index is 0.499. The molecule has 1 rings (SSSR count). The summed E-state index contributed by atoms with van der Waals surface area (Å²) in [5, 5.41) is 0. The smallest absolute Gasteiger partial charge is 0.433 e. The second kappa shape index (κ2) is 5.17. The molecule has 0 saturated heterocycles. The first kappa shape index (κ1) is 14.8. The lowest BCUT2D eigenvalue weighted by molar-refractivity contribution is -0.143. The molecule has 0 aromatic carbocycles. The minimum Gasteiger partial charge on any atom is -0.465 e. The van der Waals surface area contributed by atoms with E-state index in [0.29, 0.717) is 6.20 Å². The van der Waals surface area contributed by atoms with Crippen molar-refractivity contribution in [1.29, 1.82) is 0 Å². The van der Waals surface area contributed by atoms with E-state index in [2.05, 4.69) is 25.7 Å². The molecule has 0 aliphatic carbocycles. The number of carbonyl (C=O) groups is 1. The number of nitrogens with zero attached hydrogens (tertiary/aromatic N) is 1. The molecule has 1 heterocycles. The van der Waals surface area contributed by atoms with Crippen LogP contribution in [0.2, 0.25) is 0 Å². The van der Waals surface area contributed by atoms with Gasteiger partial charge in [0.2, 0.25) is 0 Å². The number of halogens is 6. The molecule has 0 fully saturated rings. The number of hydrogen-bond acceptors (Lipinski definition) is 3. The molecule has 0 saturated carbocycles. The number of carbonyl (C=O) groups excluding carboxylic acids is 1. The lowest BCUT2D eigenvalue weighted by Gasteiger charge is -2.14. The summed E-state index contributed by atoms with van der Waals surface area (Å²) in [4.78, 5) is 14.0. The molecule has 3 nitrogen and oxygen atoms in total. The van der Waals surface area contributed by atoms with Crippen LogP contribution in [0.3, 0.4) is 0 Å². The zero-order valence-corrected chi connectivity index (χ0v) is 10.3. The van der Waals surface area contributed by atoms with Crippen LogP contribution >= 0.6 is 15.9 Å². The Hall–Kier alpha value is -1.25. The van der Waals surface area contributed by atoms with Gasteiger partial charge in [-0.25, -0.2) is 13.6 Å². The van der Waals surface area contributed by atoms with E-state index in [4.69, 9.17) is 0 Å². The van der Waals surface area contributed by atoms with Gasteiger partial charge in [-0.2, -0.15) is 13.2 Å². The highest BCUT2D eigenvalue weighted by atomic mass is 79.9. The van der Waals surface area contributed by atoms with Gasteiger partial charge in [0.25, 0.3) is 6.43 Å². The molecule has 0 unspecified atom stereocenters. The van der Waals surface area contributed by atoms with E-state index in [9.17, 15) is 26.7 Å². The van der Waals surface area contributed by atoms with E-state index in [0.717, 1.165) is 7.11 Å². The van der Waals surface area contributed by atoms with Crippen LogP contribution in [0.1, 0.15) is 28.0 Å². The number of rotatable bonds is 2. The van der Waals surface area contributed by atoms with E-state index in [1.807, 2.05) is 0 Å². The Labute approximate surface area is 106 Å². The van der Waals surface area contributed by atoms with Gasteiger partial charge in [0.05, 0.1) is 18.2 Å². The first-order valence-electron chi connectivity index (χ1n) is 4.32. The molecule has 100 valence electrons. The summed E-state index contributed by atoms with van der Waals surface area (Å²) in [5.74, 6) is -1.06. The van der Waals surface area contributed by atoms with E-state index in [1.165, 1.54) is 0 Å². The maximum absolute atomic E-state index is 12.6. The van der Waals surface area contributed by atoms with Crippen molar-refractivity contribution in [2.45, 2.75) is 12.6 Å². The maximum Gasteiger partial charge on any atom is 0.433 e. The topological polar surface area (TPSA) is 39.2 Å². The summed E-state index contributed by atoms with van der Waals surface area (Å²) < 4.78 is 66.3. The molecule has 0 aliphatic rings. The van der Waals surface area contributed by atoms with Crippen molar-refractivity contribution < 1.29 is 31.5 Å². The third-order valence-electron chi connectivity index (χ3n) is 1.94. The molecule has 0 aliphatic heterocycles. The number of esters is 1. The van der Waals surface area contributed by atoms with Crippen LogP contribution in [-0.2, 0) is 10.9 Å². The Balaban J connectivity index is 3.53. The van der Waals surface area contributed by atoms with Crippen LogP contribution < -0.4 is 0 Å². The predicted molar refractivity (Wildman–Crippen MR) is 53.2 cm³/mol. The van der Waals surface area contributed by atoms with Gasteiger partial charge in [-0.3, -0.25) is 4.98 Å². The molecule has 0 radical (unpaired) electrons. The average Bonchev–Trinajstić information content (AvgIpc) is 2.25. The van der Waals surface area contributed by atoms with Gasteiger partial charge in [-0.15, -0.1) is 0 Å². The van der Waals surface area contributed by atoms with Crippen molar-refractivity contribution in [1.82, 2.24) is 4.98 Å². The monoisotopic (exact) mass is 333 g/mol. The van der Waals surface area contributed by atoms with Gasteiger partial charge in [0.1, 0.15) is 0 Å². The Bertz CT molecular complexity index is 475. The fourth-order valence-electron chi connectivity index (χ4n) is 1.18. The fraction of sp³-hybridized carbons (Fsp3) is 0.333. The van der Waals surface area contributed by atoms with Gasteiger partial charge >= 0.3 is 12.1 Å². The number of alkyl halides is 5. The molecule has 0 spiro atoms. The number of hydrogen-bond donors (Lipinski definition) is 0. The lowest BCUT2D eigenvalue weighted by atomic mass is 10.1. The quantitative estimate of drug-likeness (QED) is 0.613. The van der Waals surface area contributed by atoms with Gasteiger partial charge in [-0.05, 0) is 15.9 Å². The Morgan fingerprint density at radius 2 is 2.00 bits per heavy atom. The fourth-order valence-corrected chi connectivity index (χ4v) is 1.81. The third kappa shape index (κ3) is 2.77. The van der Waals surface area contributed by atoms with E-state index in [-0.39, 0.29) is 0 Å². The van der Waals surface area contributed by atoms with Crippen molar-refractivity contribution >= 4 is 21.9 Å². The van der Waals surface area contributed by atoms with E-state index < -0.39 is 39.9 Å². The van der Waals surface area contributed by atoms with E-state index in [1.54, 1.807) is 0 Å². The second-order valence-electron chi connectivity index (χ2n) is 3.04. The van der Waals surface area contributed by atoms with Crippen molar-refractivity contribution in [3.63, 3.8) is 0 Å². The molecule has 9 heteroatoms. The molecule has 0 amide bonds. The second-order valence-corrected chi connectivity index (χ2v) is 3.83. The average molecular weight is 334 g/mol. The van der Waals surface area contributed by atoms with Crippen molar-refractivity contribution in [3.8, 4) is 0 Å². The summed E-state index contributed by atoms with van der Waals surface area (Å²) in [6.45, 7) is 0. The largest absolute Gasteiger partial charge is 0.465 e. The van der Waals surface area contributed by atoms with Crippen LogP contribution in [0.25, 0.3) is 0 Å². The molecule has 0 atom stereocenters. The molecular formula is C9H5BrF5NO2. The molecule has 1 aromatic heterocycles. The molecule has 18 heavy (non-hydrogen) atoms. The van der Waals surface area contributed by atoms with Gasteiger partial charge in [0.15, 0.2) is 5.69 Å². The maximum atomic E-state index is 12.6. The number of aromatic nitrogens is 1. The minimum atomic E-state index is -5.04. The summed E-state index contributed by atoms with van der Waals surface area (Å²) in [6, 6.07) is 0. The van der Waals surface area contributed by atoms with Crippen molar-refractivity contribution in [2.24, 2.45) is 0 Å². The van der Waals surface area contributed by atoms with Crippen LogP contribution in [0, 0.1) is 0 Å². The molecular weight excluding hydrogens is 329 g/mol. The highest BCUT2D eigenvalue weighted by molar-refractivity contribution is 9.10. The predicted octanol–water partition coefficient (Wildman–Crippen LogP) is 3.59. The number of methoxy groups -OCH3 is 1. The normalized spacial score (nSPS) is 11.8. The zero-order valence-electron chi connectivity index (χ0n) is 8.69. The number of ether oxygens (including phenoxy) is 1. The SMILES string of the molecule is COC(=O)c1cnc(C(F)(F)F)c(C(F)F)c1Br. The van der Waals surface area contributed by atoms with Gasteiger partial charge in [0, 0.05) is 10.7 Å². The molecule has 0 N–H and O–H groups in total. The first-order valence-corrected chi connectivity index (χ1v) is 5.11. The standard InChI is InChI=1S/C9H5BrF5NO2/c1-18-8(17)3-2-16-6(9(13,14)15)4(5(3)10)7(11)12/h2,7H,1H3. The lowest BCUT2D eigenvalue weighted by Crippen LogP contribution is -2.16. The molecule has 0 bridgehead atoms. The summed E-state index contributed by atoms with van der Waals surface area (Å²) in [7, 11) is 0.967. The first-order chi connectivity index (χ1) is 8.20. The number of pyridine rings is 1. The highest BCUT2D eigenvalue weighted by Crippen LogP contribution is 2.39. The third-order valence-corrected chi connectivity index (χ3v) is 2.80. The molecule has 1 aromatic rings. The summed E-state index contributed by atoms with van der Waals surface area (Å²) >= 11 is 2.55. The van der Waals surface area contributed by atoms with Crippen molar-refractivity contribution in [3.05, 3.63) is 27.5 Å². The van der Waals surface area contributed by atoms with E-state index >= 15 is 0 Å². The van der Waals surface area contributed by atoms with Gasteiger partial charge < -0.3 is 4.74 Å². The van der Waals surface area contributed by atoms with Crippen molar-refractivity contribution in [2.75, 3.05) is 7.11 Å². The Morgan fingerprint density at radius 3 is 2.39 bits per heavy atom. The highest BCUT2D eigenvalue weighted by Gasteiger charge is 2.40. The Kier molecular flexibility index (Phi) is 4.25. The Morgan fingerprint density at radius 1 is 1.44 bits per heavy atom. The zero-order chi connectivity index (χ0) is 14.1. The van der Waals surface area contributed by atoms with Crippen LogP contribution in [-0.4, -0.2) is 18.1 Å². The van der Waals surface area contributed by atoms with Crippen LogP contribution in [0.5, 0.6) is 0 Å².